The zero-order chi connectivity index (χ0) is 14.4. The summed E-state index contributed by atoms with van der Waals surface area (Å²) in [5, 5.41) is 0. The van der Waals surface area contributed by atoms with Gasteiger partial charge >= 0.3 is 0 Å². The van der Waals surface area contributed by atoms with Gasteiger partial charge in [0, 0.05) is 13.1 Å². The molecule has 0 atom stereocenters. The SMILES string of the molecule is C#CCOCC1CCN(S(=O)(=O)c2ccccc2)CC1. The van der Waals surface area contributed by atoms with E-state index in [1.165, 1.54) is 0 Å². The molecule has 1 fully saturated rings. The highest BCUT2D eigenvalue weighted by molar-refractivity contribution is 7.89. The molecule has 5 heteroatoms. The number of hydrogen-bond donors (Lipinski definition) is 0. The fourth-order valence-electron chi connectivity index (χ4n) is 2.34. The van der Waals surface area contributed by atoms with Crippen molar-refractivity contribution < 1.29 is 13.2 Å². The van der Waals surface area contributed by atoms with Crippen molar-refractivity contribution in [2.45, 2.75) is 17.7 Å². The van der Waals surface area contributed by atoms with E-state index in [1.54, 1.807) is 28.6 Å². The van der Waals surface area contributed by atoms with E-state index in [1.807, 2.05) is 6.07 Å². The first-order chi connectivity index (χ1) is 9.64. The molecule has 1 heterocycles. The first-order valence-electron chi connectivity index (χ1n) is 6.71. The summed E-state index contributed by atoms with van der Waals surface area (Å²) in [6.45, 7) is 2.02. The molecule has 0 aliphatic carbocycles. The summed E-state index contributed by atoms with van der Waals surface area (Å²) in [4.78, 5) is 0.363. The lowest BCUT2D eigenvalue weighted by molar-refractivity contribution is 0.101. The maximum absolute atomic E-state index is 12.4. The molecule has 0 unspecified atom stereocenters. The van der Waals surface area contributed by atoms with E-state index in [-0.39, 0.29) is 0 Å². The van der Waals surface area contributed by atoms with Crippen molar-refractivity contribution in [1.29, 1.82) is 0 Å². The Morgan fingerprint density at radius 2 is 1.90 bits per heavy atom. The summed E-state index contributed by atoms with van der Waals surface area (Å²) in [5.74, 6) is 2.83. The van der Waals surface area contributed by atoms with E-state index in [0.29, 0.717) is 37.1 Å². The summed E-state index contributed by atoms with van der Waals surface area (Å²) in [5.41, 5.74) is 0. The maximum atomic E-state index is 12.4. The van der Waals surface area contributed by atoms with Gasteiger partial charge in [-0.25, -0.2) is 8.42 Å². The molecule has 1 aliphatic rings. The highest BCUT2D eigenvalue weighted by Crippen LogP contribution is 2.23. The highest BCUT2D eigenvalue weighted by atomic mass is 32.2. The summed E-state index contributed by atoms with van der Waals surface area (Å²) in [6, 6.07) is 8.57. The summed E-state index contributed by atoms with van der Waals surface area (Å²) < 4.78 is 31.7. The minimum atomic E-state index is -3.35. The first kappa shape index (κ1) is 15.0. The van der Waals surface area contributed by atoms with Gasteiger partial charge in [-0.05, 0) is 30.9 Å². The van der Waals surface area contributed by atoms with Crippen molar-refractivity contribution in [2.75, 3.05) is 26.3 Å². The Hall–Kier alpha value is -1.35. The highest BCUT2D eigenvalue weighted by Gasteiger charge is 2.29. The number of terminal acetylenes is 1. The molecule has 0 radical (unpaired) electrons. The Labute approximate surface area is 120 Å². The second kappa shape index (κ2) is 6.89. The van der Waals surface area contributed by atoms with Crippen LogP contribution < -0.4 is 0 Å². The van der Waals surface area contributed by atoms with Crippen LogP contribution in [0.15, 0.2) is 35.2 Å². The Morgan fingerprint density at radius 3 is 2.50 bits per heavy atom. The standard InChI is InChI=1S/C15H19NO3S/c1-2-12-19-13-14-8-10-16(11-9-14)20(17,18)15-6-4-3-5-7-15/h1,3-7,14H,8-13H2. The normalized spacial score (nSPS) is 17.8. The van der Waals surface area contributed by atoms with Crippen LogP contribution in [0.4, 0.5) is 0 Å². The molecule has 2 rings (SSSR count). The number of sulfonamides is 1. The zero-order valence-electron chi connectivity index (χ0n) is 11.4. The van der Waals surface area contributed by atoms with Crippen molar-refractivity contribution >= 4 is 10.0 Å². The summed E-state index contributed by atoms with van der Waals surface area (Å²) in [7, 11) is -3.35. The molecule has 4 nitrogen and oxygen atoms in total. The minimum absolute atomic E-state index is 0.322. The predicted molar refractivity (Wildman–Crippen MR) is 77.6 cm³/mol. The molecule has 1 aliphatic heterocycles. The smallest absolute Gasteiger partial charge is 0.243 e. The van der Waals surface area contributed by atoms with Crippen LogP contribution in [-0.4, -0.2) is 39.0 Å². The molecule has 108 valence electrons. The van der Waals surface area contributed by atoms with Crippen LogP contribution in [0.3, 0.4) is 0 Å². The van der Waals surface area contributed by atoms with Gasteiger partial charge in [0.2, 0.25) is 10.0 Å². The average Bonchev–Trinajstić information content (AvgIpc) is 2.49. The van der Waals surface area contributed by atoms with E-state index < -0.39 is 10.0 Å². The Balaban J connectivity index is 1.92. The van der Waals surface area contributed by atoms with Crippen LogP contribution in [0.1, 0.15) is 12.8 Å². The molecule has 0 saturated carbocycles. The third-order valence-corrected chi connectivity index (χ3v) is 5.41. The molecular weight excluding hydrogens is 274 g/mol. The quantitative estimate of drug-likeness (QED) is 0.613. The average molecular weight is 293 g/mol. The maximum Gasteiger partial charge on any atom is 0.243 e. The first-order valence-corrected chi connectivity index (χ1v) is 8.15. The second-order valence-electron chi connectivity index (χ2n) is 4.88. The van der Waals surface area contributed by atoms with Crippen LogP contribution in [0.5, 0.6) is 0 Å². The number of benzene rings is 1. The van der Waals surface area contributed by atoms with Crippen molar-refractivity contribution in [3.63, 3.8) is 0 Å². The molecule has 0 bridgehead atoms. The Morgan fingerprint density at radius 1 is 1.25 bits per heavy atom. The van der Waals surface area contributed by atoms with Crippen molar-refractivity contribution in [1.82, 2.24) is 4.31 Å². The molecular formula is C15H19NO3S. The Kier molecular flexibility index (Phi) is 5.18. The van der Waals surface area contributed by atoms with Gasteiger partial charge in [-0.1, -0.05) is 24.1 Å². The molecule has 0 aromatic heterocycles. The van der Waals surface area contributed by atoms with Gasteiger partial charge in [-0.3, -0.25) is 0 Å². The van der Waals surface area contributed by atoms with Crippen molar-refractivity contribution in [2.24, 2.45) is 5.92 Å². The third kappa shape index (κ3) is 3.60. The van der Waals surface area contributed by atoms with E-state index in [0.717, 1.165) is 12.8 Å². The molecule has 0 N–H and O–H groups in total. The lowest BCUT2D eigenvalue weighted by atomic mass is 9.99. The van der Waals surface area contributed by atoms with E-state index in [2.05, 4.69) is 5.92 Å². The topological polar surface area (TPSA) is 46.6 Å². The third-order valence-electron chi connectivity index (χ3n) is 3.49. The van der Waals surface area contributed by atoms with Crippen LogP contribution in [-0.2, 0) is 14.8 Å². The fraction of sp³-hybridized carbons (Fsp3) is 0.467. The fourth-order valence-corrected chi connectivity index (χ4v) is 3.83. The molecule has 1 aromatic rings. The number of ether oxygens (including phenoxy) is 1. The van der Waals surface area contributed by atoms with Gasteiger partial charge in [0.25, 0.3) is 0 Å². The van der Waals surface area contributed by atoms with E-state index in [9.17, 15) is 8.42 Å². The van der Waals surface area contributed by atoms with Crippen LogP contribution in [0, 0.1) is 18.3 Å². The lowest BCUT2D eigenvalue weighted by Gasteiger charge is -2.30. The van der Waals surface area contributed by atoms with Crippen LogP contribution in [0.25, 0.3) is 0 Å². The van der Waals surface area contributed by atoms with Gasteiger partial charge in [0.15, 0.2) is 0 Å². The Bertz CT molecular complexity index is 555. The molecule has 20 heavy (non-hydrogen) atoms. The molecule has 1 aromatic carbocycles. The number of nitrogens with zero attached hydrogens (tertiary/aromatic N) is 1. The van der Waals surface area contributed by atoms with Gasteiger partial charge in [-0.15, -0.1) is 6.42 Å². The summed E-state index contributed by atoms with van der Waals surface area (Å²) >= 11 is 0. The number of hydrogen-bond acceptors (Lipinski definition) is 3. The molecule has 1 saturated heterocycles. The second-order valence-corrected chi connectivity index (χ2v) is 6.82. The van der Waals surface area contributed by atoms with E-state index >= 15 is 0 Å². The monoisotopic (exact) mass is 293 g/mol. The largest absolute Gasteiger partial charge is 0.369 e. The van der Waals surface area contributed by atoms with Crippen molar-refractivity contribution in [3.8, 4) is 12.3 Å². The van der Waals surface area contributed by atoms with Gasteiger partial charge in [0.1, 0.15) is 6.61 Å². The lowest BCUT2D eigenvalue weighted by Crippen LogP contribution is -2.39. The van der Waals surface area contributed by atoms with E-state index in [4.69, 9.17) is 11.2 Å². The van der Waals surface area contributed by atoms with Gasteiger partial charge in [0.05, 0.1) is 11.5 Å². The number of rotatable bonds is 5. The molecule has 0 amide bonds. The van der Waals surface area contributed by atoms with Crippen molar-refractivity contribution in [3.05, 3.63) is 30.3 Å². The summed E-state index contributed by atoms with van der Waals surface area (Å²) in [6.07, 6.45) is 6.76. The zero-order valence-corrected chi connectivity index (χ0v) is 12.2. The predicted octanol–water partition coefficient (Wildman–Crippen LogP) is 1.74. The molecule has 0 spiro atoms. The van der Waals surface area contributed by atoms with Crippen LogP contribution in [0.2, 0.25) is 0 Å². The number of piperidine rings is 1. The van der Waals surface area contributed by atoms with Gasteiger partial charge < -0.3 is 4.74 Å². The minimum Gasteiger partial charge on any atom is -0.369 e. The van der Waals surface area contributed by atoms with Crippen LogP contribution >= 0.6 is 0 Å². The van der Waals surface area contributed by atoms with Gasteiger partial charge in [-0.2, -0.15) is 4.31 Å².